The lowest BCUT2D eigenvalue weighted by Gasteiger charge is -2.66. The Balaban J connectivity index is 1.80. The van der Waals surface area contributed by atoms with Crippen LogP contribution in [0.15, 0.2) is 30.3 Å². The number of rotatable bonds is 4. The van der Waals surface area contributed by atoms with Crippen LogP contribution in [0.25, 0.3) is 0 Å². The number of ether oxygens (including phenoxy) is 3. The summed E-state index contributed by atoms with van der Waals surface area (Å²) in [6.45, 7) is 5.89. The highest BCUT2D eigenvalue weighted by atomic mass is 16.6. The number of hydrogen-bond acceptors (Lipinski definition) is 8. The zero-order chi connectivity index (χ0) is 23.5. The average molecular weight is 446 g/mol. The van der Waals surface area contributed by atoms with Crippen molar-refractivity contribution in [2.24, 2.45) is 16.7 Å². The SMILES string of the molecule is CC(=O)OC1CC(C)C23CC(=O)OC(C2)C(C)(O)C(C)(COC(=O)c2ccccc2)C13O. The van der Waals surface area contributed by atoms with Crippen molar-refractivity contribution < 1.29 is 38.8 Å². The van der Waals surface area contributed by atoms with Gasteiger partial charge in [-0.2, -0.15) is 0 Å². The summed E-state index contributed by atoms with van der Waals surface area (Å²) >= 11 is 0. The minimum Gasteiger partial charge on any atom is -0.461 e. The molecule has 32 heavy (non-hydrogen) atoms. The Morgan fingerprint density at radius 1 is 1.19 bits per heavy atom. The molecule has 1 aromatic carbocycles. The first-order valence-corrected chi connectivity index (χ1v) is 10.9. The number of carbonyl (C=O) groups excluding carboxylic acids is 3. The molecule has 2 N–H and O–H groups in total. The highest BCUT2D eigenvalue weighted by Gasteiger charge is 2.81. The van der Waals surface area contributed by atoms with E-state index in [4.69, 9.17) is 14.2 Å². The second-order valence-electron chi connectivity index (χ2n) is 9.94. The van der Waals surface area contributed by atoms with E-state index in [-0.39, 0.29) is 25.4 Å². The molecule has 1 spiro atoms. The summed E-state index contributed by atoms with van der Waals surface area (Å²) < 4.78 is 16.7. The van der Waals surface area contributed by atoms with Gasteiger partial charge in [-0.3, -0.25) is 9.59 Å². The van der Waals surface area contributed by atoms with Crippen LogP contribution in [0, 0.1) is 16.7 Å². The van der Waals surface area contributed by atoms with Crippen LogP contribution >= 0.6 is 0 Å². The summed E-state index contributed by atoms with van der Waals surface area (Å²) in [5.41, 5.74) is -5.76. The molecule has 8 heteroatoms. The van der Waals surface area contributed by atoms with E-state index in [1.54, 1.807) is 37.3 Å². The van der Waals surface area contributed by atoms with E-state index in [2.05, 4.69) is 0 Å². The van der Waals surface area contributed by atoms with Crippen LogP contribution in [0.1, 0.15) is 57.3 Å². The molecule has 7 atom stereocenters. The second-order valence-corrected chi connectivity index (χ2v) is 9.94. The van der Waals surface area contributed by atoms with Gasteiger partial charge < -0.3 is 24.4 Å². The van der Waals surface area contributed by atoms with Crippen LogP contribution in [-0.2, 0) is 23.8 Å². The normalized spacial score (nSPS) is 42.6. The van der Waals surface area contributed by atoms with Gasteiger partial charge >= 0.3 is 17.9 Å². The largest absolute Gasteiger partial charge is 0.461 e. The van der Waals surface area contributed by atoms with Gasteiger partial charge in [-0.25, -0.2) is 4.79 Å². The van der Waals surface area contributed by atoms with E-state index in [1.165, 1.54) is 13.8 Å². The van der Waals surface area contributed by atoms with E-state index in [1.807, 2.05) is 6.92 Å². The average Bonchev–Trinajstić information content (AvgIpc) is 2.93. The molecule has 7 unspecified atom stereocenters. The van der Waals surface area contributed by atoms with Crippen molar-refractivity contribution in [1.82, 2.24) is 0 Å². The van der Waals surface area contributed by atoms with Gasteiger partial charge in [0.2, 0.25) is 0 Å². The highest BCUT2D eigenvalue weighted by molar-refractivity contribution is 5.89. The molecule has 0 aromatic heterocycles. The predicted molar refractivity (Wildman–Crippen MR) is 111 cm³/mol. The minimum absolute atomic E-state index is 0.0722. The third-order valence-corrected chi connectivity index (χ3v) is 8.41. The summed E-state index contributed by atoms with van der Waals surface area (Å²) in [7, 11) is 0. The second kappa shape index (κ2) is 7.28. The maximum atomic E-state index is 12.7. The molecule has 1 heterocycles. The minimum atomic E-state index is -1.83. The van der Waals surface area contributed by atoms with Gasteiger partial charge in [0.1, 0.15) is 30.0 Å². The van der Waals surface area contributed by atoms with Crippen molar-refractivity contribution in [3.8, 4) is 0 Å². The summed E-state index contributed by atoms with van der Waals surface area (Å²) in [5, 5.41) is 24.1. The Kier molecular flexibility index (Phi) is 5.17. The van der Waals surface area contributed by atoms with Crippen LogP contribution in [0.4, 0.5) is 0 Å². The van der Waals surface area contributed by atoms with Crippen molar-refractivity contribution >= 4 is 17.9 Å². The van der Waals surface area contributed by atoms with E-state index >= 15 is 0 Å². The Labute approximate surface area is 186 Å². The lowest BCUT2D eigenvalue weighted by Crippen LogP contribution is -2.79. The Morgan fingerprint density at radius 3 is 2.47 bits per heavy atom. The third-order valence-electron chi connectivity index (χ3n) is 8.41. The van der Waals surface area contributed by atoms with Crippen LogP contribution in [0.2, 0.25) is 0 Å². The first-order chi connectivity index (χ1) is 14.9. The standard InChI is InChI=1S/C24H30O8/c1-14-10-17(31-15(2)25)24(29)21(3,13-30-20(27)16-8-6-5-7-9-16)22(4,28)18-11-23(14,24)12-19(26)32-18/h5-9,14,17-18,28-29H,10-13H2,1-4H3. The Hall–Kier alpha value is -2.45. The van der Waals surface area contributed by atoms with Gasteiger partial charge in [0.15, 0.2) is 0 Å². The van der Waals surface area contributed by atoms with Crippen LogP contribution in [-0.4, -0.2) is 58.1 Å². The van der Waals surface area contributed by atoms with Crippen molar-refractivity contribution in [3.05, 3.63) is 35.9 Å². The first-order valence-electron chi connectivity index (χ1n) is 10.9. The first kappa shape index (κ1) is 22.7. The molecule has 2 bridgehead atoms. The van der Waals surface area contributed by atoms with Crippen molar-refractivity contribution in [2.75, 3.05) is 6.61 Å². The maximum Gasteiger partial charge on any atom is 0.338 e. The number of benzene rings is 1. The molecule has 2 saturated carbocycles. The zero-order valence-corrected chi connectivity index (χ0v) is 18.8. The molecule has 1 aromatic rings. The van der Waals surface area contributed by atoms with Crippen molar-refractivity contribution in [2.45, 2.75) is 70.4 Å². The molecule has 0 amide bonds. The summed E-state index contributed by atoms with van der Waals surface area (Å²) in [4.78, 5) is 37.2. The fraction of sp³-hybridized carbons (Fsp3) is 0.625. The number of fused-ring (bicyclic) bond motifs is 1. The van der Waals surface area contributed by atoms with Crippen molar-refractivity contribution in [3.63, 3.8) is 0 Å². The molecule has 174 valence electrons. The molecule has 3 aliphatic rings. The summed E-state index contributed by atoms with van der Waals surface area (Å²) in [5.74, 6) is -1.90. The van der Waals surface area contributed by atoms with Gasteiger partial charge in [0, 0.05) is 12.3 Å². The molecule has 1 saturated heterocycles. The molecule has 1 aliphatic heterocycles. The zero-order valence-electron chi connectivity index (χ0n) is 18.8. The molecule has 8 nitrogen and oxygen atoms in total. The van der Waals surface area contributed by atoms with E-state index < -0.39 is 52.1 Å². The van der Waals surface area contributed by atoms with Crippen LogP contribution in [0.5, 0.6) is 0 Å². The van der Waals surface area contributed by atoms with Gasteiger partial charge in [-0.1, -0.05) is 32.0 Å². The van der Waals surface area contributed by atoms with Crippen LogP contribution in [0.3, 0.4) is 0 Å². The molecule has 4 rings (SSSR count). The molecular formula is C24H30O8. The van der Waals surface area contributed by atoms with Gasteiger partial charge in [0.25, 0.3) is 0 Å². The van der Waals surface area contributed by atoms with E-state index in [9.17, 15) is 24.6 Å². The predicted octanol–water partition coefficient (Wildman–Crippen LogP) is 2.01. The molecule has 2 aliphatic carbocycles. The van der Waals surface area contributed by atoms with Gasteiger partial charge in [0.05, 0.1) is 17.4 Å². The summed E-state index contributed by atoms with van der Waals surface area (Å²) in [6.07, 6.45) is -1.41. The van der Waals surface area contributed by atoms with E-state index in [0.717, 1.165) is 0 Å². The number of esters is 3. The topological polar surface area (TPSA) is 119 Å². The Morgan fingerprint density at radius 2 is 1.84 bits per heavy atom. The maximum absolute atomic E-state index is 12.7. The Bertz CT molecular complexity index is 943. The quantitative estimate of drug-likeness (QED) is 0.533. The van der Waals surface area contributed by atoms with Gasteiger partial charge in [-0.15, -0.1) is 0 Å². The fourth-order valence-electron chi connectivity index (χ4n) is 6.40. The summed E-state index contributed by atoms with van der Waals surface area (Å²) in [6, 6.07) is 8.40. The number of hydrogen-bond donors (Lipinski definition) is 2. The highest BCUT2D eigenvalue weighted by Crippen LogP contribution is 2.70. The van der Waals surface area contributed by atoms with Gasteiger partial charge in [-0.05, 0) is 37.8 Å². The van der Waals surface area contributed by atoms with Crippen LogP contribution < -0.4 is 0 Å². The lowest BCUT2D eigenvalue weighted by atomic mass is 9.44. The third kappa shape index (κ3) is 2.85. The van der Waals surface area contributed by atoms with E-state index in [0.29, 0.717) is 12.0 Å². The fourth-order valence-corrected chi connectivity index (χ4v) is 6.40. The van der Waals surface area contributed by atoms with Crippen molar-refractivity contribution in [1.29, 1.82) is 0 Å². The lowest BCUT2D eigenvalue weighted by molar-refractivity contribution is -0.337. The smallest absolute Gasteiger partial charge is 0.338 e. The molecular weight excluding hydrogens is 416 g/mol. The monoisotopic (exact) mass is 446 g/mol. The number of carbonyl (C=O) groups is 3. The molecule has 0 radical (unpaired) electrons. The molecule has 3 fully saturated rings. The number of aliphatic hydroxyl groups is 2.